The minimum Gasteiger partial charge on any atom is -0.490 e. The van der Waals surface area contributed by atoms with Crippen LogP contribution in [0.1, 0.15) is 58.1 Å². The van der Waals surface area contributed by atoms with Gasteiger partial charge in [0.25, 0.3) is 0 Å². The monoisotopic (exact) mass is 394 g/mol. The molecule has 1 saturated heterocycles. The van der Waals surface area contributed by atoms with Gasteiger partial charge in [-0.15, -0.1) is 0 Å². The van der Waals surface area contributed by atoms with E-state index in [1.165, 1.54) is 5.56 Å². The molecule has 0 aliphatic carbocycles. The molecule has 0 saturated carbocycles. The molecular formula is C24H30N2O3. The number of hydrogen-bond donors (Lipinski definition) is 0. The minimum atomic E-state index is -0.482. The summed E-state index contributed by atoms with van der Waals surface area (Å²) < 4.78 is 11.7. The number of amides is 1. The quantitative estimate of drug-likeness (QED) is 0.692. The lowest BCUT2D eigenvalue weighted by atomic mass is 9.97. The summed E-state index contributed by atoms with van der Waals surface area (Å²) in [6.45, 7) is 9.03. The van der Waals surface area contributed by atoms with Crippen LogP contribution in [0.2, 0.25) is 0 Å². The SMILES string of the molecule is CCCc1ccc(C#N)c2cc(OC3CCN(C(=O)OC(C)(C)C)CC3)ccc12. The lowest BCUT2D eigenvalue weighted by Crippen LogP contribution is -2.44. The summed E-state index contributed by atoms with van der Waals surface area (Å²) in [7, 11) is 0. The zero-order valence-corrected chi connectivity index (χ0v) is 17.8. The van der Waals surface area contributed by atoms with Crippen LogP contribution in [0, 0.1) is 11.3 Å². The Kier molecular flexibility index (Phi) is 6.32. The molecule has 3 rings (SSSR count). The van der Waals surface area contributed by atoms with Crippen LogP contribution in [0.3, 0.4) is 0 Å². The Balaban J connectivity index is 1.68. The van der Waals surface area contributed by atoms with Crippen molar-refractivity contribution < 1.29 is 14.3 Å². The summed E-state index contributed by atoms with van der Waals surface area (Å²) in [4.78, 5) is 14.0. The van der Waals surface area contributed by atoms with Gasteiger partial charge in [-0.1, -0.05) is 25.5 Å². The van der Waals surface area contributed by atoms with E-state index in [4.69, 9.17) is 9.47 Å². The molecule has 5 heteroatoms. The molecule has 0 atom stereocenters. The first-order valence-corrected chi connectivity index (χ1v) is 10.4. The number of carbonyl (C=O) groups is 1. The number of aryl methyl sites for hydroxylation is 1. The van der Waals surface area contributed by atoms with Crippen molar-refractivity contribution in [3.8, 4) is 11.8 Å². The van der Waals surface area contributed by atoms with E-state index in [2.05, 4.69) is 25.1 Å². The number of likely N-dealkylation sites (tertiary alicyclic amines) is 1. The highest BCUT2D eigenvalue weighted by atomic mass is 16.6. The van der Waals surface area contributed by atoms with Crippen molar-refractivity contribution in [2.24, 2.45) is 0 Å². The van der Waals surface area contributed by atoms with E-state index < -0.39 is 5.60 Å². The second kappa shape index (κ2) is 8.73. The molecule has 2 aromatic carbocycles. The van der Waals surface area contributed by atoms with Gasteiger partial charge in [-0.2, -0.15) is 5.26 Å². The van der Waals surface area contributed by atoms with E-state index in [0.717, 1.165) is 42.2 Å². The highest BCUT2D eigenvalue weighted by Crippen LogP contribution is 2.29. The van der Waals surface area contributed by atoms with E-state index in [1.807, 2.05) is 39.0 Å². The molecule has 0 unspecified atom stereocenters. The molecule has 1 aliphatic rings. The Morgan fingerprint density at radius 3 is 2.52 bits per heavy atom. The van der Waals surface area contributed by atoms with E-state index in [-0.39, 0.29) is 12.2 Å². The van der Waals surface area contributed by atoms with Crippen molar-refractivity contribution in [1.29, 1.82) is 5.26 Å². The Hall–Kier alpha value is -2.74. The Morgan fingerprint density at radius 1 is 1.17 bits per heavy atom. The third kappa shape index (κ3) is 5.20. The molecule has 0 spiro atoms. The van der Waals surface area contributed by atoms with Crippen molar-refractivity contribution in [3.63, 3.8) is 0 Å². The number of fused-ring (bicyclic) bond motifs is 1. The van der Waals surface area contributed by atoms with Gasteiger partial charge in [-0.25, -0.2) is 4.79 Å². The molecule has 1 aliphatic heterocycles. The lowest BCUT2D eigenvalue weighted by molar-refractivity contribution is 0.0127. The van der Waals surface area contributed by atoms with Crippen LogP contribution in [0.15, 0.2) is 30.3 Å². The van der Waals surface area contributed by atoms with Crippen molar-refractivity contribution in [2.75, 3.05) is 13.1 Å². The molecule has 0 N–H and O–H groups in total. The zero-order chi connectivity index (χ0) is 21.0. The predicted molar refractivity (Wildman–Crippen MR) is 114 cm³/mol. The molecule has 5 nitrogen and oxygen atoms in total. The third-order valence-electron chi connectivity index (χ3n) is 5.11. The highest BCUT2D eigenvalue weighted by Gasteiger charge is 2.27. The van der Waals surface area contributed by atoms with Gasteiger partial charge in [0.2, 0.25) is 0 Å². The number of nitrogens with zero attached hydrogens (tertiary/aromatic N) is 2. The topological polar surface area (TPSA) is 62.6 Å². The standard InChI is InChI=1S/C24H30N2O3/c1-5-6-17-7-8-18(16-25)22-15-20(9-10-21(17)22)28-19-11-13-26(14-12-19)23(27)29-24(2,3)4/h7-10,15,19H,5-6,11-14H2,1-4H3. The lowest BCUT2D eigenvalue weighted by Gasteiger charge is -2.33. The van der Waals surface area contributed by atoms with Gasteiger partial charge in [0.1, 0.15) is 17.5 Å². The molecule has 0 bridgehead atoms. The smallest absolute Gasteiger partial charge is 0.410 e. The second-order valence-corrected chi connectivity index (χ2v) is 8.63. The molecule has 2 aromatic rings. The van der Waals surface area contributed by atoms with Crippen LogP contribution in [0.4, 0.5) is 4.79 Å². The fraction of sp³-hybridized carbons (Fsp3) is 0.500. The molecule has 1 amide bonds. The van der Waals surface area contributed by atoms with Crippen molar-refractivity contribution in [3.05, 3.63) is 41.5 Å². The first kappa shape index (κ1) is 21.0. The molecular weight excluding hydrogens is 364 g/mol. The number of benzene rings is 2. The van der Waals surface area contributed by atoms with Gasteiger partial charge < -0.3 is 14.4 Å². The summed E-state index contributed by atoms with van der Waals surface area (Å²) in [5.41, 5.74) is 1.45. The Bertz CT molecular complexity index is 916. The normalized spacial score (nSPS) is 15.2. The predicted octanol–water partition coefficient (Wildman–Crippen LogP) is 5.44. The first-order valence-electron chi connectivity index (χ1n) is 10.4. The van der Waals surface area contributed by atoms with Crippen molar-refractivity contribution >= 4 is 16.9 Å². The maximum atomic E-state index is 12.2. The van der Waals surface area contributed by atoms with Gasteiger partial charge in [-0.3, -0.25) is 0 Å². The van der Waals surface area contributed by atoms with Crippen molar-refractivity contribution in [1.82, 2.24) is 4.90 Å². The van der Waals surface area contributed by atoms with Gasteiger partial charge >= 0.3 is 6.09 Å². The van der Waals surface area contributed by atoms with E-state index in [1.54, 1.807) is 4.90 Å². The average molecular weight is 395 g/mol. The summed E-state index contributed by atoms with van der Waals surface area (Å²) in [6, 6.07) is 12.3. The number of hydrogen-bond acceptors (Lipinski definition) is 4. The van der Waals surface area contributed by atoms with Gasteiger partial charge in [0, 0.05) is 31.3 Å². The highest BCUT2D eigenvalue weighted by molar-refractivity contribution is 5.91. The molecule has 154 valence electrons. The molecule has 1 fully saturated rings. The first-order chi connectivity index (χ1) is 13.8. The van der Waals surface area contributed by atoms with Crippen LogP contribution in [-0.2, 0) is 11.2 Å². The Morgan fingerprint density at radius 2 is 1.90 bits per heavy atom. The van der Waals surface area contributed by atoms with E-state index in [9.17, 15) is 10.1 Å². The van der Waals surface area contributed by atoms with Gasteiger partial charge in [0.05, 0.1) is 11.6 Å². The number of piperidine rings is 1. The van der Waals surface area contributed by atoms with Crippen LogP contribution >= 0.6 is 0 Å². The summed E-state index contributed by atoms with van der Waals surface area (Å²) in [6.07, 6.45) is 3.37. The zero-order valence-electron chi connectivity index (χ0n) is 17.8. The molecule has 0 aromatic heterocycles. The van der Waals surface area contributed by atoms with Crippen molar-refractivity contribution in [2.45, 2.75) is 65.1 Å². The fourth-order valence-electron chi connectivity index (χ4n) is 3.72. The number of ether oxygens (including phenoxy) is 2. The van der Waals surface area contributed by atoms with Gasteiger partial charge in [0.15, 0.2) is 0 Å². The number of rotatable bonds is 4. The fourth-order valence-corrected chi connectivity index (χ4v) is 3.72. The van der Waals surface area contributed by atoms with E-state index in [0.29, 0.717) is 18.7 Å². The maximum absolute atomic E-state index is 12.2. The number of nitriles is 1. The minimum absolute atomic E-state index is 0.0514. The Labute approximate surface area is 173 Å². The summed E-state index contributed by atoms with van der Waals surface area (Å²) in [5, 5.41) is 11.6. The van der Waals surface area contributed by atoms with Gasteiger partial charge in [-0.05, 0) is 56.3 Å². The van der Waals surface area contributed by atoms with Crippen LogP contribution in [0.5, 0.6) is 5.75 Å². The molecule has 29 heavy (non-hydrogen) atoms. The number of carbonyl (C=O) groups excluding carboxylic acids is 1. The maximum Gasteiger partial charge on any atom is 0.410 e. The summed E-state index contributed by atoms with van der Waals surface area (Å²) >= 11 is 0. The molecule has 0 radical (unpaired) electrons. The third-order valence-corrected chi connectivity index (χ3v) is 5.11. The van der Waals surface area contributed by atoms with E-state index >= 15 is 0 Å². The largest absolute Gasteiger partial charge is 0.490 e. The van der Waals surface area contributed by atoms with Crippen LogP contribution in [0.25, 0.3) is 10.8 Å². The second-order valence-electron chi connectivity index (χ2n) is 8.63. The average Bonchev–Trinajstić information content (AvgIpc) is 2.67. The summed E-state index contributed by atoms with van der Waals surface area (Å²) in [5.74, 6) is 0.776. The van der Waals surface area contributed by atoms with Crippen LogP contribution < -0.4 is 4.74 Å². The van der Waals surface area contributed by atoms with Crippen LogP contribution in [-0.4, -0.2) is 35.8 Å². The molecule has 1 heterocycles.